The summed E-state index contributed by atoms with van der Waals surface area (Å²) in [5.41, 5.74) is -0.519. The number of carbonyl (C=O) groups is 1. The van der Waals surface area contributed by atoms with Crippen LogP contribution in [0.25, 0.3) is 9.69 Å². The van der Waals surface area contributed by atoms with E-state index < -0.39 is 36.2 Å². The molecule has 148 valence electrons. The van der Waals surface area contributed by atoms with Crippen molar-refractivity contribution in [2.45, 2.75) is 43.4 Å². The molecule has 0 aromatic heterocycles. The molecule has 0 saturated heterocycles. The Balaban J connectivity index is 2.45. The summed E-state index contributed by atoms with van der Waals surface area (Å²) in [6, 6.07) is 7.15. The number of aliphatic hydroxyl groups is 2. The number of rotatable bonds is 7. The molecule has 1 aliphatic rings. The Morgan fingerprint density at radius 2 is 2.00 bits per heavy atom. The Kier molecular flexibility index (Phi) is 7.17. The lowest BCUT2D eigenvalue weighted by Crippen LogP contribution is -2.50. The largest absolute Gasteiger partial charge is 0.497 e. The third-order valence-electron chi connectivity index (χ3n) is 5.25. The smallest absolute Gasteiger partial charge is 0.332 e. The summed E-state index contributed by atoms with van der Waals surface area (Å²) >= 11 is 0. The Morgan fingerprint density at radius 1 is 1.32 bits per heavy atom. The van der Waals surface area contributed by atoms with Gasteiger partial charge >= 0.3 is 5.97 Å². The summed E-state index contributed by atoms with van der Waals surface area (Å²) in [4.78, 5) is 18.9. The molecule has 1 aromatic carbocycles. The summed E-state index contributed by atoms with van der Waals surface area (Å²) in [5.74, 6) is -0.736. The van der Waals surface area contributed by atoms with Crippen LogP contribution in [0.4, 0.5) is 0 Å². The highest BCUT2D eigenvalue weighted by molar-refractivity contribution is 5.70. The van der Waals surface area contributed by atoms with Crippen LogP contribution in [-0.4, -0.2) is 47.6 Å². The molecule has 0 heterocycles. The fourth-order valence-corrected chi connectivity index (χ4v) is 3.76. The zero-order valence-corrected chi connectivity index (χ0v) is 15.8. The van der Waals surface area contributed by atoms with E-state index in [-0.39, 0.29) is 18.5 Å². The highest BCUT2D eigenvalue weighted by atomic mass is 16.6. The topological polar surface area (TPSA) is 84.7 Å². The van der Waals surface area contributed by atoms with Crippen molar-refractivity contribution < 1.29 is 24.5 Å². The predicted octanol–water partition coefficient (Wildman–Crippen LogP) is 2.39. The van der Waals surface area contributed by atoms with Crippen molar-refractivity contribution >= 4 is 5.97 Å². The number of carbonyl (C=O) groups excluding carboxylic acids is 1. The lowest BCUT2D eigenvalue weighted by Gasteiger charge is -2.39. The predicted molar refractivity (Wildman–Crippen MR) is 102 cm³/mol. The number of nitrogens with zero attached hydrogens (tertiary/aromatic N) is 2. The van der Waals surface area contributed by atoms with Crippen LogP contribution >= 0.6 is 0 Å². The maximum atomic E-state index is 11.7. The Bertz CT molecular complexity index is 792. The fraction of sp³-hybridized carbons (Fsp3) is 0.476. The molecule has 1 fully saturated rings. The van der Waals surface area contributed by atoms with Crippen LogP contribution in [-0.2, 0) is 16.0 Å². The summed E-state index contributed by atoms with van der Waals surface area (Å²) in [7, 11) is 1.56. The Labute approximate surface area is 164 Å². The van der Waals surface area contributed by atoms with E-state index in [9.17, 15) is 9.90 Å². The van der Waals surface area contributed by atoms with Crippen LogP contribution in [0.1, 0.15) is 24.8 Å². The average molecular weight is 384 g/mol. The molecule has 0 bridgehead atoms. The maximum Gasteiger partial charge on any atom is 0.332 e. The Hall–Kier alpha value is -2.87. The van der Waals surface area contributed by atoms with Gasteiger partial charge in [-0.3, -0.25) is 0 Å². The van der Waals surface area contributed by atoms with Gasteiger partial charge in [-0.2, -0.15) is 0 Å². The molecule has 1 aromatic rings. The van der Waals surface area contributed by atoms with Crippen molar-refractivity contribution in [3.8, 4) is 5.75 Å². The lowest BCUT2D eigenvalue weighted by molar-refractivity contribution is -0.160. The molecule has 28 heavy (non-hydrogen) atoms. The monoisotopic (exact) mass is 384 g/mol. The van der Waals surface area contributed by atoms with Crippen LogP contribution in [0.2, 0.25) is 0 Å². The normalized spacial score (nSPS) is 23.5. The molecule has 0 amide bonds. The minimum atomic E-state index is -1.36. The number of hydrogen-bond donors (Lipinski definition) is 2. The standard InChI is InChI=1S/C21H24N2O5/c1-14(22-2)21(23-3,12-15-5-8-17(27-4)9-6-15)18-11-16(25)7-10-19(18)28-20(26)13-24/h5-6,8-9,16,18-19,24-25H,1,7,10-13H2,4H3/t16-,18-,19-,21?/m1/s1. The van der Waals surface area contributed by atoms with Crippen LogP contribution in [0, 0.1) is 19.1 Å². The van der Waals surface area contributed by atoms with Gasteiger partial charge in [0.15, 0.2) is 0 Å². The summed E-state index contributed by atoms with van der Waals surface area (Å²) < 4.78 is 10.5. The summed E-state index contributed by atoms with van der Waals surface area (Å²) in [6.45, 7) is 18.4. The number of esters is 1. The van der Waals surface area contributed by atoms with Gasteiger partial charge in [0.1, 0.15) is 18.5 Å². The average Bonchev–Trinajstić information content (AvgIpc) is 2.73. The van der Waals surface area contributed by atoms with Crippen molar-refractivity contribution in [2.24, 2.45) is 5.92 Å². The molecule has 1 unspecified atom stereocenters. The molecule has 7 heteroatoms. The first-order chi connectivity index (χ1) is 13.4. The summed E-state index contributed by atoms with van der Waals surface area (Å²) in [5, 5.41) is 19.3. The quantitative estimate of drug-likeness (QED) is 0.557. The van der Waals surface area contributed by atoms with Gasteiger partial charge in [0.2, 0.25) is 5.70 Å². The molecule has 0 spiro atoms. The molecule has 1 saturated carbocycles. The number of benzene rings is 1. The second-order valence-corrected chi connectivity index (χ2v) is 6.88. The number of ether oxygens (including phenoxy) is 2. The third kappa shape index (κ3) is 4.51. The van der Waals surface area contributed by atoms with Gasteiger partial charge in [-0.25, -0.2) is 16.2 Å². The van der Waals surface area contributed by atoms with Crippen LogP contribution < -0.4 is 4.74 Å². The second kappa shape index (κ2) is 9.36. The zero-order valence-electron chi connectivity index (χ0n) is 15.8. The van der Waals surface area contributed by atoms with Crippen molar-refractivity contribution in [3.63, 3.8) is 0 Å². The van der Waals surface area contributed by atoms with Gasteiger partial charge in [0.05, 0.1) is 25.7 Å². The minimum Gasteiger partial charge on any atom is -0.497 e. The van der Waals surface area contributed by atoms with E-state index in [0.29, 0.717) is 18.6 Å². The van der Waals surface area contributed by atoms with Crippen molar-refractivity contribution in [1.82, 2.24) is 0 Å². The number of methoxy groups -OCH3 is 1. The molecule has 0 radical (unpaired) electrons. The van der Waals surface area contributed by atoms with E-state index in [1.165, 1.54) is 0 Å². The molecular weight excluding hydrogens is 360 g/mol. The van der Waals surface area contributed by atoms with E-state index in [0.717, 1.165) is 5.56 Å². The van der Waals surface area contributed by atoms with Crippen LogP contribution in [0.15, 0.2) is 36.5 Å². The molecule has 1 aliphatic carbocycles. The van der Waals surface area contributed by atoms with Crippen molar-refractivity contribution in [2.75, 3.05) is 13.7 Å². The second-order valence-electron chi connectivity index (χ2n) is 6.88. The fourth-order valence-electron chi connectivity index (χ4n) is 3.76. The van der Waals surface area contributed by atoms with Gasteiger partial charge in [-0.05, 0) is 37.0 Å². The Morgan fingerprint density at radius 3 is 2.54 bits per heavy atom. The number of aliphatic hydroxyl groups excluding tert-OH is 2. The van der Waals surface area contributed by atoms with Gasteiger partial charge < -0.3 is 24.5 Å². The van der Waals surface area contributed by atoms with E-state index in [1.807, 2.05) is 12.1 Å². The molecular formula is C21H24N2O5. The van der Waals surface area contributed by atoms with E-state index in [2.05, 4.69) is 16.3 Å². The molecule has 7 nitrogen and oxygen atoms in total. The van der Waals surface area contributed by atoms with Gasteiger partial charge in [0, 0.05) is 6.42 Å². The minimum absolute atomic E-state index is 0.0439. The van der Waals surface area contributed by atoms with E-state index in [4.69, 9.17) is 27.7 Å². The van der Waals surface area contributed by atoms with E-state index in [1.54, 1.807) is 19.2 Å². The SMILES string of the molecule is [C-]#[N+]C(=C)C(Cc1ccc(OC)cc1)([N+]#[C-])[C@@H]1C[C@H](O)CC[C@H]1OC(=O)CO. The number of hydrogen-bond acceptors (Lipinski definition) is 5. The van der Waals surface area contributed by atoms with Crippen LogP contribution in [0.3, 0.4) is 0 Å². The third-order valence-corrected chi connectivity index (χ3v) is 5.25. The first kappa shape index (κ1) is 21.4. The van der Waals surface area contributed by atoms with Gasteiger partial charge in [0.25, 0.3) is 5.54 Å². The highest BCUT2D eigenvalue weighted by Crippen LogP contribution is 2.44. The molecule has 4 atom stereocenters. The first-order valence-electron chi connectivity index (χ1n) is 8.97. The molecule has 0 aliphatic heterocycles. The molecule has 2 rings (SSSR count). The van der Waals surface area contributed by atoms with Crippen molar-refractivity contribution in [3.05, 3.63) is 64.9 Å². The first-order valence-corrected chi connectivity index (χ1v) is 8.97. The van der Waals surface area contributed by atoms with E-state index >= 15 is 0 Å². The summed E-state index contributed by atoms with van der Waals surface area (Å²) in [6.07, 6.45) is -0.189. The van der Waals surface area contributed by atoms with Gasteiger partial charge in [-0.1, -0.05) is 18.7 Å². The van der Waals surface area contributed by atoms with Crippen molar-refractivity contribution in [1.29, 1.82) is 0 Å². The lowest BCUT2D eigenvalue weighted by atomic mass is 9.68. The zero-order chi connectivity index (χ0) is 20.7. The highest BCUT2D eigenvalue weighted by Gasteiger charge is 2.55. The molecule has 2 N–H and O–H groups in total. The van der Waals surface area contributed by atoms with Crippen LogP contribution in [0.5, 0.6) is 5.75 Å². The maximum absolute atomic E-state index is 11.7. The van der Waals surface area contributed by atoms with Gasteiger partial charge in [-0.15, -0.1) is 0 Å².